The zero-order valence-electron chi connectivity index (χ0n) is 49.5. The molecule has 0 aliphatic rings. The summed E-state index contributed by atoms with van der Waals surface area (Å²) in [6, 6.07) is 77.3. The Kier molecular flexibility index (Phi) is 19.5. The molecule has 0 N–H and O–H groups in total. The third-order valence-corrected chi connectivity index (χ3v) is 15.2. The van der Waals surface area contributed by atoms with E-state index in [1.807, 2.05) is 0 Å². The second kappa shape index (κ2) is 25.5. The zero-order valence-corrected chi connectivity index (χ0v) is 52.9. The van der Waals surface area contributed by atoms with Crippen LogP contribution < -0.4 is 0 Å². The summed E-state index contributed by atoms with van der Waals surface area (Å²) in [6.07, 6.45) is 4.21. The molecule has 2 radical (unpaired) electrons. The van der Waals surface area contributed by atoms with Crippen LogP contribution >= 0.6 is 0 Å². The summed E-state index contributed by atoms with van der Waals surface area (Å²) >= 11 is 0. The van der Waals surface area contributed by atoms with Crippen LogP contribution in [-0.2, 0) is 73.5 Å². The number of aryl methyl sites for hydroxylation is 4. The fourth-order valence-corrected chi connectivity index (χ4v) is 10.5. The van der Waals surface area contributed by atoms with Gasteiger partial charge in [0.1, 0.15) is 0 Å². The van der Waals surface area contributed by atoms with E-state index in [2.05, 4.69) is 302 Å². The van der Waals surface area contributed by atoms with E-state index in [1.54, 1.807) is 0 Å². The Hall–Kier alpha value is -5.92. The average molecular weight is 1120 g/mol. The minimum Gasteiger partial charge on any atom is -0.164 e. The second-order valence-corrected chi connectivity index (χ2v) is 26.5. The van der Waals surface area contributed by atoms with E-state index in [0.29, 0.717) is 0 Å². The maximum atomic E-state index is 2.43. The molecule has 0 saturated heterocycles. The molecule has 0 aliphatic carbocycles. The molecule has 0 aromatic heterocycles. The van der Waals surface area contributed by atoms with Crippen LogP contribution in [0.2, 0.25) is 13.1 Å². The van der Waals surface area contributed by atoms with Crippen molar-refractivity contribution in [2.24, 2.45) is 0 Å². The van der Waals surface area contributed by atoms with E-state index in [4.69, 9.17) is 0 Å². The van der Waals surface area contributed by atoms with E-state index in [9.17, 15) is 0 Å². The predicted octanol–water partition coefficient (Wildman–Crippen LogP) is 21.3. The monoisotopic (exact) mass is 1110 g/mol. The molecule has 0 heterocycles. The first-order valence-electron chi connectivity index (χ1n) is 28.2. The fraction of sp³-hybridized carbons (Fsp3) is 0.289. The van der Waals surface area contributed by atoms with Gasteiger partial charge in [-0.05, 0) is 91.9 Å². The molecule has 0 fully saturated rings. The number of hydrogen-bond donors (Lipinski definition) is 0. The first-order chi connectivity index (χ1) is 36.6. The summed E-state index contributed by atoms with van der Waals surface area (Å²) in [5.41, 5.74) is 22.1. The molecule has 10 aromatic carbocycles. The van der Waals surface area contributed by atoms with Gasteiger partial charge in [0.15, 0.2) is 0 Å². The van der Waals surface area contributed by atoms with Crippen molar-refractivity contribution in [2.75, 3.05) is 0 Å². The van der Waals surface area contributed by atoms with Gasteiger partial charge in [-0.25, -0.2) is 0 Å². The Morgan fingerprint density at radius 2 is 0.551 bits per heavy atom. The van der Waals surface area contributed by atoms with Crippen LogP contribution in [0.15, 0.2) is 206 Å². The van der Waals surface area contributed by atoms with E-state index in [-0.39, 0.29) is 47.9 Å². The minimum atomic E-state index is 0. The summed E-state index contributed by atoms with van der Waals surface area (Å²) in [4.78, 5) is 0. The molecule has 396 valence electrons. The number of rotatable bonds is 10. The van der Waals surface area contributed by atoms with Crippen molar-refractivity contribution in [1.82, 2.24) is 0 Å². The number of hydrogen-bond acceptors (Lipinski definition) is 0. The van der Waals surface area contributed by atoms with Crippen molar-refractivity contribution in [3.63, 3.8) is 0 Å². The molecule has 0 bridgehead atoms. The van der Waals surface area contributed by atoms with Crippen LogP contribution in [0.25, 0.3) is 66.1 Å². The molecule has 10 aromatic rings. The maximum absolute atomic E-state index is 2.43. The van der Waals surface area contributed by atoms with Gasteiger partial charge in [-0.15, -0.1) is 44.8 Å². The van der Waals surface area contributed by atoms with Crippen LogP contribution in [-0.4, -0.2) is 9.52 Å². The summed E-state index contributed by atoms with van der Waals surface area (Å²) in [5.74, 6) is 0. The smallest absolute Gasteiger partial charge is 0.164 e. The SMILES string of the molecule is CC(C)(C)c1ccc(-c2ccc(-c3ccc(C(C)(C)C)cc3)c3[cH-]c(CCc4ccccc4)cc23)cc1.CC(C)(C)c1ccc(-c2ccc(-c3ccc(C(C)(C)C)cc3)c3[cH-]c(CCc4ccccc4)cc23)cc1.C[Si]C.[Zr+2]. The van der Waals surface area contributed by atoms with Gasteiger partial charge in [0.05, 0.1) is 0 Å². The van der Waals surface area contributed by atoms with Crippen LogP contribution in [0.5, 0.6) is 0 Å². The molecule has 0 nitrogen and oxygen atoms in total. The standard InChI is InChI=1S/2C37H39.C2H6Si.Zr/c2*1-36(2,3)30-18-14-28(15-19-30)32-22-23-33(29-16-20-31(21-17-29)37(4,5)6)35-25-27(24-34(32)35)13-12-26-10-8-7-9-11-26;1-3-2;/h2*7-11,14-25H,12-13H2,1-6H3;1-2H3;/q2*-1;;+2. The van der Waals surface area contributed by atoms with Gasteiger partial charge in [-0.1, -0.05) is 312 Å². The summed E-state index contributed by atoms with van der Waals surface area (Å²) < 4.78 is 0. The number of fused-ring (bicyclic) bond motifs is 2. The second-order valence-electron chi connectivity index (χ2n) is 25.5. The van der Waals surface area contributed by atoms with Crippen molar-refractivity contribution in [3.05, 3.63) is 251 Å². The molecule has 78 heavy (non-hydrogen) atoms. The van der Waals surface area contributed by atoms with Gasteiger partial charge >= 0.3 is 26.2 Å². The molecule has 0 saturated carbocycles. The molecule has 0 aliphatic heterocycles. The third-order valence-electron chi connectivity index (χ3n) is 15.2. The Bertz CT molecular complexity index is 3040. The quantitative estimate of drug-likeness (QED) is 0.0946. The molecule has 0 spiro atoms. The van der Waals surface area contributed by atoms with Crippen LogP contribution in [0.1, 0.15) is 128 Å². The molecular formula is C76H84SiZr. The van der Waals surface area contributed by atoms with Gasteiger partial charge in [-0.2, -0.15) is 12.1 Å². The fourth-order valence-electron chi connectivity index (χ4n) is 10.5. The molecule has 2 heteroatoms. The Labute approximate surface area is 492 Å². The number of benzene rings is 8. The third kappa shape index (κ3) is 14.8. The first kappa shape index (κ1) is 59.7. The topological polar surface area (TPSA) is 0 Å². The van der Waals surface area contributed by atoms with Crippen LogP contribution in [0.3, 0.4) is 0 Å². The molecule has 0 amide bonds. The molecular weight excluding hydrogens is 1030 g/mol. The first-order valence-corrected chi connectivity index (χ1v) is 30.2. The van der Waals surface area contributed by atoms with Crippen molar-refractivity contribution >= 4 is 31.1 Å². The maximum Gasteiger partial charge on any atom is 2.00 e. The van der Waals surface area contributed by atoms with Gasteiger partial charge < -0.3 is 0 Å². The van der Waals surface area contributed by atoms with Gasteiger partial charge in [0, 0.05) is 9.52 Å². The summed E-state index contributed by atoms with van der Waals surface area (Å²) in [7, 11) is 1.08. The van der Waals surface area contributed by atoms with Gasteiger partial charge in [0.2, 0.25) is 0 Å². The molecule has 0 atom stereocenters. The summed E-state index contributed by atoms with van der Waals surface area (Å²) in [6.45, 7) is 31.6. The van der Waals surface area contributed by atoms with Crippen molar-refractivity contribution in [2.45, 2.75) is 144 Å². The van der Waals surface area contributed by atoms with Crippen LogP contribution in [0.4, 0.5) is 0 Å². The minimum absolute atomic E-state index is 0. The van der Waals surface area contributed by atoms with Crippen molar-refractivity contribution in [1.29, 1.82) is 0 Å². The summed E-state index contributed by atoms with van der Waals surface area (Å²) in [5, 5.41) is 5.40. The van der Waals surface area contributed by atoms with Gasteiger partial charge in [0.25, 0.3) is 0 Å². The van der Waals surface area contributed by atoms with Crippen molar-refractivity contribution in [3.8, 4) is 44.5 Å². The Morgan fingerprint density at radius 3 is 0.808 bits per heavy atom. The van der Waals surface area contributed by atoms with E-state index in [1.165, 1.54) is 111 Å². The van der Waals surface area contributed by atoms with E-state index in [0.717, 1.165) is 35.2 Å². The largest absolute Gasteiger partial charge is 2.00 e. The predicted molar refractivity (Wildman–Crippen MR) is 341 cm³/mol. The molecule has 10 rings (SSSR count). The Balaban J connectivity index is 0.000000213. The van der Waals surface area contributed by atoms with E-state index < -0.39 is 0 Å². The normalized spacial score (nSPS) is 11.9. The average Bonchev–Trinajstić information content (AvgIpc) is 4.11. The van der Waals surface area contributed by atoms with E-state index >= 15 is 0 Å². The van der Waals surface area contributed by atoms with Crippen molar-refractivity contribution < 1.29 is 26.2 Å². The molecule has 0 unspecified atom stereocenters. The zero-order chi connectivity index (χ0) is 55.1. The van der Waals surface area contributed by atoms with Crippen LogP contribution in [0, 0.1) is 0 Å². The van der Waals surface area contributed by atoms with Gasteiger partial charge in [-0.3, -0.25) is 0 Å². The Morgan fingerprint density at radius 1 is 0.308 bits per heavy atom.